The summed E-state index contributed by atoms with van der Waals surface area (Å²) in [6.45, 7) is 3.24. The predicted molar refractivity (Wildman–Crippen MR) is 138 cm³/mol. The number of piperazine rings is 1. The van der Waals surface area contributed by atoms with Crippen LogP contribution in [0.3, 0.4) is 0 Å². The van der Waals surface area contributed by atoms with Gasteiger partial charge in [0.15, 0.2) is 0 Å². The van der Waals surface area contributed by atoms with Crippen LogP contribution < -0.4 is 9.80 Å². The molecule has 192 valence electrons. The van der Waals surface area contributed by atoms with E-state index in [0.29, 0.717) is 25.3 Å². The van der Waals surface area contributed by atoms with Gasteiger partial charge in [-0.2, -0.15) is 0 Å². The second kappa shape index (κ2) is 11.7. The number of benzene rings is 3. The Hall–Kier alpha value is -4.24. The summed E-state index contributed by atoms with van der Waals surface area (Å²) >= 11 is 0. The minimum Gasteiger partial charge on any atom is -0.473 e. The molecule has 3 aromatic carbocycles. The Bertz CT molecular complexity index is 1230. The first-order valence-corrected chi connectivity index (χ1v) is 12.0. The van der Waals surface area contributed by atoms with Crippen LogP contribution in [0.5, 0.6) is 0 Å². The van der Waals surface area contributed by atoms with Gasteiger partial charge in [0.2, 0.25) is 5.91 Å². The van der Waals surface area contributed by atoms with Crippen LogP contribution in [0.1, 0.15) is 11.1 Å². The number of aliphatic carboxylic acids is 2. The van der Waals surface area contributed by atoms with Gasteiger partial charge in [0.25, 0.3) is 0 Å². The van der Waals surface area contributed by atoms with Crippen LogP contribution in [0.25, 0.3) is 0 Å². The van der Waals surface area contributed by atoms with Gasteiger partial charge in [-0.1, -0.05) is 48.5 Å². The minimum absolute atomic E-state index is 0.0844. The van der Waals surface area contributed by atoms with E-state index in [1.54, 1.807) is 6.07 Å². The molecule has 0 spiro atoms. The highest BCUT2D eigenvalue weighted by Crippen LogP contribution is 2.36. The summed E-state index contributed by atoms with van der Waals surface area (Å²) in [4.78, 5) is 37.9. The molecule has 8 nitrogen and oxygen atoms in total. The fraction of sp³-hybridized carbons (Fsp3) is 0.250. The molecule has 2 aliphatic rings. The van der Waals surface area contributed by atoms with Crippen molar-refractivity contribution in [1.29, 1.82) is 0 Å². The van der Waals surface area contributed by atoms with Gasteiger partial charge < -0.3 is 15.1 Å². The summed E-state index contributed by atoms with van der Waals surface area (Å²) in [7, 11) is 0. The number of para-hydroxylation sites is 3. The number of halogens is 1. The van der Waals surface area contributed by atoms with Crippen LogP contribution in [0.4, 0.5) is 21.5 Å². The Kier molecular flexibility index (Phi) is 8.15. The molecule has 1 saturated heterocycles. The summed E-state index contributed by atoms with van der Waals surface area (Å²) in [6, 6.07) is 23.3. The molecule has 2 heterocycles. The monoisotopic (exact) mass is 505 g/mol. The van der Waals surface area contributed by atoms with Gasteiger partial charge >= 0.3 is 11.9 Å². The van der Waals surface area contributed by atoms with Crippen molar-refractivity contribution in [2.24, 2.45) is 0 Å². The summed E-state index contributed by atoms with van der Waals surface area (Å²) < 4.78 is 14.1. The van der Waals surface area contributed by atoms with E-state index in [1.165, 1.54) is 17.2 Å². The molecule has 0 atom stereocenters. The molecule has 0 aliphatic carbocycles. The highest BCUT2D eigenvalue weighted by molar-refractivity contribution is 6.27. The molecule has 2 aliphatic heterocycles. The third-order valence-electron chi connectivity index (χ3n) is 6.49. The molecule has 2 N–H and O–H groups in total. The van der Waals surface area contributed by atoms with Gasteiger partial charge in [-0.05, 0) is 48.2 Å². The first-order chi connectivity index (χ1) is 17.8. The third-order valence-corrected chi connectivity index (χ3v) is 6.49. The number of hydrogen-bond donors (Lipinski definition) is 2. The maximum Gasteiger partial charge on any atom is 0.414 e. The summed E-state index contributed by atoms with van der Waals surface area (Å²) in [5, 5.41) is 14.8. The molecular formula is C28H28FN3O5. The molecule has 0 bridgehead atoms. The molecule has 0 saturated carbocycles. The van der Waals surface area contributed by atoms with Gasteiger partial charge in [-0.3, -0.25) is 14.6 Å². The normalized spacial score (nSPS) is 14.9. The van der Waals surface area contributed by atoms with Crippen molar-refractivity contribution in [3.8, 4) is 0 Å². The van der Waals surface area contributed by atoms with E-state index in [1.807, 2.05) is 53.4 Å². The number of nitrogens with zero attached hydrogens (tertiary/aromatic N) is 3. The van der Waals surface area contributed by atoms with Crippen molar-refractivity contribution >= 4 is 34.9 Å². The van der Waals surface area contributed by atoms with Gasteiger partial charge in [-0.15, -0.1) is 0 Å². The number of carbonyl (C=O) groups is 3. The Morgan fingerprint density at radius 1 is 0.676 bits per heavy atom. The van der Waals surface area contributed by atoms with Crippen LogP contribution in [0.15, 0.2) is 72.8 Å². The van der Waals surface area contributed by atoms with Gasteiger partial charge in [-0.25, -0.2) is 14.0 Å². The number of fused-ring (bicyclic) bond motifs is 2. The largest absolute Gasteiger partial charge is 0.473 e. The molecule has 0 unspecified atom stereocenters. The van der Waals surface area contributed by atoms with Crippen molar-refractivity contribution < 1.29 is 29.0 Å². The van der Waals surface area contributed by atoms with E-state index in [9.17, 15) is 9.18 Å². The Morgan fingerprint density at radius 3 is 1.62 bits per heavy atom. The van der Waals surface area contributed by atoms with Crippen LogP contribution in [0, 0.1) is 5.82 Å². The topological polar surface area (TPSA) is 101 Å². The Balaban J connectivity index is 0.000000480. The van der Waals surface area contributed by atoms with Crippen LogP contribution in [0.2, 0.25) is 0 Å². The summed E-state index contributed by atoms with van der Waals surface area (Å²) in [5.74, 6) is -3.75. The molecular weight excluding hydrogens is 477 g/mol. The Morgan fingerprint density at radius 2 is 1.14 bits per heavy atom. The number of amides is 1. The van der Waals surface area contributed by atoms with Crippen molar-refractivity contribution in [2.45, 2.75) is 12.8 Å². The zero-order chi connectivity index (χ0) is 26.4. The number of carboxylic acids is 2. The lowest BCUT2D eigenvalue weighted by atomic mass is 10.0. The Labute approximate surface area is 214 Å². The number of rotatable bonds is 3. The molecule has 1 amide bonds. The standard InChI is InChI=1S/C26H26FN3O.C2H2O4/c27-22-9-3-6-12-25(22)29-17-15-28(16-18-29)19-26(31)30-23-10-4-1-7-20(23)13-14-21-8-2-5-11-24(21)30;3-1(4)2(5)6/h1-12H,13-19H2;(H,3,4)(H,5,6). The fourth-order valence-electron chi connectivity index (χ4n) is 4.67. The van der Waals surface area contributed by atoms with Gasteiger partial charge in [0.1, 0.15) is 5.82 Å². The second-order valence-corrected chi connectivity index (χ2v) is 8.81. The number of aryl methyl sites for hydroxylation is 2. The summed E-state index contributed by atoms with van der Waals surface area (Å²) in [6.07, 6.45) is 1.86. The zero-order valence-electron chi connectivity index (χ0n) is 20.2. The van der Waals surface area contributed by atoms with E-state index >= 15 is 0 Å². The predicted octanol–water partition coefficient (Wildman–Crippen LogP) is 3.57. The molecule has 1 fully saturated rings. The number of anilines is 3. The molecule has 9 heteroatoms. The van der Waals surface area contributed by atoms with E-state index < -0.39 is 11.9 Å². The maximum atomic E-state index is 14.1. The lowest BCUT2D eigenvalue weighted by molar-refractivity contribution is -0.159. The molecule has 5 rings (SSSR count). The van der Waals surface area contributed by atoms with E-state index in [4.69, 9.17) is 19.8 Å². The minimum atomic E-state index is -1.82. The SMILES string of the molecule is O=C(CN1CCN(c2ccccc2F)CC1)N1c2ccccc2CCc2ccccc21.O=C(O)C(=O)O. The van der Waals surface area contributed by atoms with Crippen LogP contribution in [-0.4, -0.2) is 65.7 Å². The van der Waals surface area contributed by atoms with E-state index in [-0.39, 0.29) is 11.7 Å². The second-order valence-electron chi connectivity index (χ2n) is 8.81. The zero-order valence-corrected chi connectivity index (χ0v) is 20.2. The maximum absolute atomic E-state index is 14.1. The number of carbonyl (C=O) groups excluding carboxylic acids is 1. The fourth-order valence-corrected chi connectivity index (χ4v) is 4.67. The van der Waals surface area contributed by atoms with Crippen molar-refractivity contribution in [3.63, 3.8) is 0 Å². The lowest BCUT2D eigenvalue weighted by Crippen LogP contribution is -2.50. The highest BCUT2D eigenvalue weighted by atomic mass is 19.1. The smallest absolute Gasteiger partial charge is 0.414 e. The van der Waals surface area contributed by atoms with Crippen LogP contribution >= 0.6 is 0 Å². The van der Waals surface area contributed by atoms with E-state index in [0.717, 1.165) is 37.3 Å². The van der Waals surface area contributed by atoms with Crippen molar-refractivity contribution in [1.82, 2.24) is 4.90 Å². The molecule has 0 radical (unpaired) electrons. The first-order valence-electron chi connectivity index (χ1n) is 12.0. The molecule has 0 aromatic heterocycles. The average Bonchev–Trinajstić information content (AvgIpc) is 3.07. The van der Waals surface area contributed by atoms with Gasteiger partial charge in [0, 0.05) is 26.2 Å². The van der Waals surface area contributed by atoms with Gasteiger partial charge in [0.05, 0.1) is 23.6 Å². The molecule has 37 heavy (non-hydrogen) atoms. The van der Waals surface area contributed by atoms with Crippen LogP contribution in [-0.2, 0) is 27.2 Å². The average molecular weight is 506 g/mol. The van der Waals surface area contributed by atoms with E-state index in [2.05, 4.69) is 21.9 Å². The third kappa shape index (κ3) is 6.13. The van der Waals surface area contributed by atoms with Crippen molar-refractivity contribution in [3.05, 3.63) is 89.7 Å². The first kappa shape index (κ1) is 25.8. The highest BCUT2D eigenvalue weighted by Gasteiger charge is 2.28. The molecule has 3 aromatic rings. The summed E-state index contributed by atoms with van der Waals surface area (Å²) in [5.41, 5.74) is 5.03. The number of hydrogen-bond acceptors (Lipinski definition) is 5. The lowest BCUT2D eigenvalue weighted by Gasteiger charge is -2.37. The quantitative estimate of drug-likeness (QED) is 0.525. The number of carboxylic acid groups (broad SMARTS) is 2. The van der Waals surface area contributed by atoms with Crippen molar-refractivity contribution in [2.75, 3.05) is 42.5 Å².